The predicted octanol–water partition coefficient (Wildman–Crippen LogP) is 5.97. The molecule has 0 radical (unpaired) electrons. The molecule has 0 saturated carbocycles. The summed E-state index contributed by atoms with van der Waals surface area (Å²) >= 11 is 12.5. The number of benzene rings is 3. The van der Waals surface area contributed by atoms with Crippen LogP contribution in [0.4, 0.5) is 11.4 Å². The fraction of sp³-hybridized carbons (Fsp3) is 0.0909. The van der Waals surface area contributed by atoms with E-state index in [1.807, 2.05) is 67.6 Å². The molecule has 4 rings (SSSR count). The topological polar surface area (TPSA) is 32.7 Å². The average molecular weight is 395 g/mol. The van der Waals surface area contributed by atoms with Gasteiger partial charge in [-0.15, -0.1) is 0 Å². The zero-order valence-electron chi connectivity index (χ0n) is 14.6. The number of para-hydroxylation sites is 1. The molecular weight excluding hydrogens is 379 g/mol. The van der Waals surface area contributed by atoms with Crippen molar-refractivity contribution < 1.29 is 4.79 Å². The van der Waals surface area contributed by atoms with Gasteiger partial charge >= 0.3 is 0 Å². The van der Waals surface area contributed by atoms with Gasteiger partial charge in [-0.05, 0) is 42.3 Å². The van der Waals surface area contributed by atoms with E-state index in [-0.39, 0.29) is 5.91 Å². The van der Waals surface area contributed by atoms with Crippen molar-refractivity contribution in [1.82, 2.24) is 0 Å². The van der Waals surface area contributed by atoms with Crippen molar-refractivity contribution in [2.45, 2.75) is 13.5 Å². The van der Waals surface area contributed by atoms with Crippen molar-refractivity contribution in [2.24, 2.45) is 4.99 Å². The number of aryl methyl sites for hydroxylation is 1. The van der Waals surface area contributed by atoms with Crippen molar-refractivity contribution in [3.63, 3.8) is 0 Å². The van der Waals surface area contributed by atoms with E-state index in [1.54, 1.807) is 11.0 Å². The largest absolute Gasteiger partial charge is 0.302 e. The van der Waals surface area contributed by atoms with Crippen LogP contribution in [-0.4, -0.2) is 11.6 Å². The van der Waals surface area contributed by atoms with Crippen LogP contribution in [0.2, 0.25) is 10.0 Å². The lowest BCUT2D eigenvalue weighted by Crippen LogP contribution is -2.29. The smallest absolute Gasteiger partial charge is 0.277 e. The number of fused-ring (bicyclic) bond motifs is 1. The van der Waals surface area contributed by atoms with Crippen molar-refractivity contribution in [3.05, 3.63) is 93.5 Å². The third kappa shape index (κ3) is 3.36. The van der Waals surface area contributed by atoms with Crippen LogP contribution < -0.4 is 4.90 Å². The van der Waals surface area contributed by atoms with Crippen molar-refractivity contribution in [2.75, 3.05) is 4.90 Å². The number of aliphatic imine (C=N–C) groups is 1. The Hall–Kier alpha value is -2.62. The summed E-state index contributed by atoms with van der Waals surface area (Å²) in [5.41, 5.74) is 4.58. The Bertz CT molecular complexity index is 1080. The first-order valence-corrected chi connectivity index (χ1v) is 9.29. The minimum absolute atomic E-state index is 0.146. The number of halogens is 2. The maximum absolute atomic E-state index is 13.2. The zero-order valence-corrected chi connectivity index (χ0v) is 16.1. The van der Waals surface area contributed by atoms with E-state index in [4.69, 9.17) is 23.2 Å². The molecule has 3 nitrogen and oxygen atoms in total. The SMILES string of the molecule is Cc1ccc(N=C2C(=O)N(Cc3ccccc3Cl)c3ccccc32)cc1Cl. The molecule has 1 amide bonds. The highest BCUT2D eigenvalue weighted by atomic mass is 35.5. The van der Waals surface area contributed by atoms with E-state index < -0.39 is 0 Å². The number of hydrogen-bond donors (Lipinski definition) is 0. The highest BCUT2D eigenvalue weighted by molar-refractivity contribution is 6.54. The molecule has 1 aliphatic rings. The summed E-state index contributed by atoms with van der Waals surface area (Å²) in [5, 5.41) is 1.27. The highest BCUT2D eigenvalue weighted by Crippen LogP contribution is 2.33. The van der Waals surface area contributed by atoms with E-state index in [0.29, 0.717) is 28.0 Å². The van der Waals surface area contributed by atoms with Crippen molar-refractivity contribution in [1.29, 1.82) is 0 Å². The number of nitrogens with zero attached hydrogens (tertiary/aromatic N) is 2. The molecule has 0 saturated heterocycles. The Morgan fingerprint density at radius 1 is 0.926 bits per heavy atom. The Morgan fingerprint density at radius 2 is 1.67 bits per heavy atom. The van der Waals surface area contributed by atoms with E-state index in [9.17, 15) is 4.79 Å². The van der Waals surface area contributed by atoms with Crippen LogP contribution in [0.25, 0.3) is 0 Å². The molecular formula is C22H16Cl2N2O. The van der Waals surface area contributed by atoms with E-state index in [2.05, 4.69) is 4.99 Å². The van der Waals surface area contributed by atoms with Gasteiger partial charge in [0.05, 0.1) is 17.9 Å². The fourth-order valence-corrected chi connectivity index (χ4v) is 3.47. The van der Waals surface area contributed by atoms with Crippen LogP contribution in [0.5, 0.6) is 0 Å². The third-order valence-corrected chi connectivity index (χ3v) is 5.36. The number of anilines is 1. The lowest BCUT2D eigenvalue weighted by atomic mass is 10.1. The molecule has 0 bridgehead atoms. The molecule has 0 aromatic heterocycles. The molecule has 5 heteroatoms. The molecule has 1 aliphatic heterocycles. The molecule has 0 fully saturated rings. The first kappa shape index (κ1) is 17.8. The van der Waals surface area contributed by atoms with E-state index in [1.165, 1.54) is 0 Å². The molecule has 3 aromatic rings. The monoisotopic (exact) mass is 394 g/mol. The highest BCUT2D eigenvalue weighted by Gasteiger charge is 2.34. The molecule has 0 aliphatic carbocycles. The molecule has 0 unspecified atom stereocenters. The Labute approximate surface area is 167 Å². The van der Waals surface area contributed by atoms with Gasteiger partial charge in [0.1, 0.15) is 5.71 Å². The summed E-state index contributed by atoms with van der Waals surface area (Å²) < 4.78 is 0. The standard InChI is InChI=1S/C22H16Cl2N2O/c1-14-10-11-16(12-19(14)24)25-21-17-7-3-5-9-20(17)26(22(21)27)13-15-6-2-4-8-18(15)23/h2-12H,13H2,1H3. The summed E-state index contributed by atoms with van der Waals surface area (Å²) in [5.74, 6) is -0.146. The van der Waals surface area contributed by atoms with E-state index in [0.717, 1.165) is 22.4 Å². The lowest BCUT2D eigenvalue weighted by molar-refractivity contribution is -0.112. The summed E-state index contributed by atoms with van der Waals surface area (Å²) in [6.45, 7) is 2.32. The maximum Gasteiger partial charge on any atom is 0.277 e. The number of rotatable bonds is 3. The minimum Gasteiger partial charge on any atom is -0.302 e. The van der Waals surface area contributed by atoms with E-state index >= 15 is 0 Å². The molecule has 134 valence electrons. The minimum atomic E-state index is -0.146. The first-order chi connectivity index (χ1) is 13.0. The molecule has 0 N–H and O–H groups in total. The number of carbonyl (C=O) groups is 1. The Morgan fingerprint density at radius 3 is 2.44 bits per heavy atom. The van der Waals surface area contributed by atoms with Gasteiger partial charge in [-0.3, -0.25) is 4.79 Å². The lowest BCUT2D eigenvalue weighted by Gasteiger charge is -2.17. The summed E-state index contributed by atoms with van der Waals surface area (Å²) in [7, 11) is 0. The van der Waals surface area contributed by atoms with Crippen LogP contribution >= 0.6 is 23.2 Å². The quantitative estimate of drug-likeness (QED) is 0.538. The second kappa shape index (κ2) is 7.18. The second-order valence-corrected chi connectivity index (χ2v) is 7.21. The number of amides is 1. The van der Waals surface area contributed by atoms with Gasteiger partial charge < -0.3 is 4.90 Å². The molecule has 3 aromatic carbocycles. The van der Waals surface area contributed by atoms with Crippen LogP contribution in [0.1, 0.15) is 16.7 Å². The molecule has 27 heavy (non-hydrogen) atoms. The van der Waals surface area contributed by atoms with Crippen LogP contribution in [0.3, 0.4) is 0 Å². The van der Waals surface area contributed by atoms with Crippen molar-refractivity contribution >= 4 is 46.2 Å². The van der Waals surface area contributed by atoms with Gasteiger partial charge in [-0.2, -0.15) is 0 Å². The van der Waals surface area contributed by atoms with Crippen LogP contribution in [0, 0.1) is 6.92 Å². The number of hydrogen-bond acceptors (Lipinski definition) is 2. The summed E-state index contributed by atoms with van der Waals surface area (Å²) in [4.78, 5) is 19.5. The van der Waals surface area contributed by atoms with Gasteiger partial charge in [-0.1, -0.05) is 65.7 Å². The van der Waals surface area contributed by atoms with Crippen LogP contribution in [0.15, 0.2) is 71.7 Å². The fourth-order valence-electron chi connectivity index (χ4n) is 3.10. The first-order valence-electron chi connectivity index (χ1n) is 8.54. The summed E-state index contributed by atoms with van der Waals surface area (Å²) in [6, 6.07) is 20.7. The number of carbonyl (C=O) groups excluding carboxylic acids is 1. The second-order valence-electron chi connectivity index (χ2n) is 6.39. The third-order valence-electron chi connectivity index (χ3n) is 4.58. The Kier molecular flexibility index (Phi) is 4.73. The Balaban J connectivity index is 1.76. The average Bonchev–Trinajstić information content (AvgIpc) is 2.92. The molecule has 0 spiro atoms. The predicted molar refractivity (Wildman–Crippen MR) is 111 cm³/mol. The summed E-state index contributed by atoms with van der Waals surface area (Å²) in [6.07, 6.45) is 0. The normalized spacial score (nSPS) is 14.7. The van der Waals surface area contributed by atoms with Gasteiger partial charge in [0.15, 0.2) is 0 Å². The van der Waals surface area contributed by atoms with Gasteiger partial charge in [0.2, 0.25) is 0 Å². The van der Waals surface area contributed by atoms with Crippen LogP contribution in [-0.2, 0) is 11.3 Å². The van der Waals surface area contributed by atoms with Crippen molar-refractivity contribution in [3.8, 4) is 0 Å². The van der Waals surface area contributed by atoms with Gasteiger partial charge in [0.25, 0.3) is 5.91 Å². The molecule has 1 heterocycles. The van der Waals surface area contributed by atoms with Gasteiger partial charge in [-0.25, -0.2) is 4.99 Å². The van der Waals surface area contributed by atoms with Gasteiger partial charge in [0, 0.05) is 15.6 Å². The zero-order chi connectivity index (χ0) is 19.0. The maximum atomic E-state index is 13.2. The molecule has 0 atom stereocenters.